The first-order valence-electron chi connectivity index (χ1n) is 11.5. The van der Waals surface area contributed by atoms with Gasteiger partial charge in [0.1, 0.15) is 0 Å². The van der Waals surface area contributed by atoms with Crippen LogP contribution in [0.2, 0.25) is 0 Å². The molecule has 180 valence electrons. The molecule has 0 aromatic heterocycles. The van der Waals surface area contributed by atoms with Crippen molar-refractivity contribution in [2.24, 2.45) is 5.92 Å². The van der Waals surface area contributed by atoms with Gasteiger partial charge in [0, 0.05) is 58.4 Å². The van der Waals surface area contributed by atoms with Crippen LogP contribution >= 0.6 is 0 Å². The Kier molecular flexibility index (Phi) is 9.16. The SMILES string of the molecule is COCCCC(=O)N[C@H]1CC[C@H](CCN2CCN(c3cc(F)c(F)c(F)c3F)CC2)CC1. The van der Waals surface area contributed by atoms with Crippen molar-refractivity contribution in [1.29, 1.82) is 0 Å². The van der Waals surface area contributed by atoms with Gasteiger partial charge in [-0.1, -0.05) is 0 Å². The summed E-state index contributed by atoms with van der Waals surface area (Å²) in [7, 11) is 1.63. The summed E-state index contributed by atoms with van der Waals surface area (Å²) in [5.74, 6) is -5.52. The summed E-state index contributed by atoms with van der Waals surface area (Å²) >= 11 is 0. The zero-order valence-electron chi connectivity index (χ0n) is 18.6. The van der Waals surface area contributed by atoms with Crippen molar-refractivity contribution in [3.8, 4) is 0 Å². The third-order valence-electron chi connectivity index (χ3n) is 6.61. The molecular formula is C23H33F4N3O2. The normalized spacial score (nSPS) is 22.2. The Labute approximate surface area is 187 Å². The van der Waals surface area contributed by atoms with Gasteiger partial charge in [0.05, 0.1) is 5.69 Å². The topological polar surface area (TPSA) is 44.8 Å². The highest BCUT2D eigenvalue weighted by atomic mass is 19.2. The molecule has 1 heterocycles. The van der Waals surface area contributed by atoms with E-state index in [4.69, 9.17) is 4.74 Å². The van der Waals surface area contributed by atoms with Crippen molar-refractivity contribution in [2.75, 3.05) is 51.3 Å². The standard InChI is InChI=1S/C23H33F4N3O2/c1-32-14-2-3-20(31)28-17-6-4-16(5-7-17)8-9-29-10-12-30(13-11-29)19-15-18(24)21(25)23(27)22(19)26/h15-17H,2-14H2,1H3,(H,28,31)/t16-,17-. The molecule has 1 aliphatic heterocycles. The van der Waals surface area contributed by atoms with E-state index in [-0.39, 0.29) is 17.6 Å². The van der Waals surface area contributed by atoms with Crippen molar-refractivity contribution in [3.63, 3.8) is 0 Å². The Bertz CT molecular complexity index is 764. The van der Waals surface area contributed by atoms with Gasteiger partial charge in [-0.15, -0.1) is 0 Å². The van der Waals surface area contributed by atoms with E-state index in [0.717, 1.165) is 51.1 Å². The van der Waals surface area contributed by atoms with Gasteiger partial charge in [0.2, 0.25) is 5.91 Å². The number of hydrogen-bond acceptors (Lipinski definition) is 4. The number of rotatable bonds is 9. The number of nitrogens with one attached hydrogen (secondary N) is 1. The summed E-state index contributed by atoms with van der Waals surface area (Å²) in [5.41, 5.74) is -0.219. The minimum Gasteiger partial charge on any atom is -0.385 e. The molecule has 2 fully saturated rings. The second-order valence-electron chi connectivity index (χ2n) is 8.82. The van der Waals surface area contributed by atoms with Gasteiger partial charge in [0.25, 0.3) is 0 Å². The van der Waals surface area contributed by atoms with Crippen molar-refractivity contribution in [3.05, 3.63) is 29.3 Å². The first kappa shape index (κ1) is 24.8. The van der Waals surface area contributed by atoms with Gasteiger partial charge in [0.15, 0.2) is 23.3 Å². The highest BCUT2D eigenvalue weighted by Gasteiger charge is 2.26. The summed E-state index contributed by atoms with van der Waals surface area (Å²) in [6.45, 7) is 3.70. The number of ether oxygens (including phenoxy) is 1. The fraction of sp³-hybridized carbons (Fsp3) is 0.696. The van der Waals surface area contributed by atoms with E-state index in [9.17, 15) is 22.4 Å². The molecule has 5 nitrogen and oxygen atoms in total. The predicted molar refractivity (Wildman–Crippen MR) is 115 cm³/mol. The second kappa shape index (κ2) is 11.8. The van der Waals surface area contributed by atoms with Crippen LogP contribution in [0, 0.1) is 29.2 Å². The number of nitrogens with zero attached hydrogens (tertiary/aromatic N) is 2. The molecule has 32 heavy (non-hydrogen) atoms. The number of hydrogen-bond donors (Lipinski definition) is 1. The number of amides is 1. The van der Waals surface area contributed by atoms with Gasteiger partial charge in [-0.05, 0) is 51.0 Å². The van der Waals surface area contributed by atoms with E-state index in [0.29, 0.717) is 45.1 Å². The molecule has 1 aromatic rings. The fourth-order valence-electron chi connectivity index (χ4n) is 4.64. The average Bonchev–Trinajstić information content (AvgIpc) is 2.80. The summed E-state index contributed by atoms with van der Waals surface area (Å²) in [6.07, 6.45) is 6.46. The van der Waals surface area contributed by atoms with Crippen LogP contribution in [-0.2, 0) is 9.53 Å². The van der Waals surface area contributed by atoms with Gasteiger partial charge >= 0.3 is 0 Å². The zero-order valence-corrected chi connectivity index (χ0v) is 18.6. The number of anilines is 1. The van der Waals surface area contributed by atoms with E-state index in [1.165, 1.54) is 0 Å². The van der Waals surface area contributed by atoms with Crippen molar-refractivity contribution in [1.82, 2.24) is 10.2 Å². The predicted octanol–water partition coefficient (Wildman–Crippen LogP) is 3.86. The van der Waals surface area contributed by atoms with Crippen molar-refractivity contribution in [2.45, 2.75) is 51.0 Å². The third-order valence-corrected chi connectivity index (χ3v) is 6.61. The lowest BCUT2D eigenvalue weighted by Gasteiger charge is -2.37. The average molecular weight is 460 g/mol. The van der Waals surface area contributed by atoms with E-state index < -0.39 is 23.3 Å². The molecule has 1 aromatic carbocycles. The Balaban J connectivity index is 1.35. The molecule has 3 rings (SSSR count). The molecule has 1 amide bonds. The summed E-state index contributed by atoms with van der Waals surface area (Å²) in [5, 5.41) is 3.12. The summed E-state index contributed by atoms with van der Waals surface area (Å²) < 4.78 is 59.2. The Morgan fingerprint density at radius 2 is 1.72 bits per heavy atom. The maximum Gasteiger partial charge on any atom is 0.220 e. The van der Waals surface area contributed by atoms with Crippen LogP contribution in [0.15, 0.2) is 6.07 Å². The molecule has 2 aliphatic rings. The van der Waals surface area contributed by atoms with Crippen molar-refractivity contribution < 1.29 is 27.1 Å². The lowest BCUT2D eigenvalue weighted by Crippen LogP contribution is -2.47. The minimum absolute atomic E-state index is 0.0979. The van der Waals surface area contributed by atoms with Crippen LogP contribution in [0.25, 0.3) is 0 Å². The maximum atomic E-state index is 14.0. The first-order valence-corrected chi connectivity index (χ1v) is 11.5. The number of methoxy groups -OCH3 is 1. The maximum absolute atomic E-state index is 14.0. The van der Waals surface area contributed by atoms with Gasteiger partial charge < -0.3 is 15.0 Å². The number of halogens is 4. The lowest BCUT2D eigenvalue weighted by atomic mass is 9.84. The fourth-order valence-corrected chi connectivity index (χ4v) is 4.64. The quantitative estimate of drug-likeness (QED) is 0.264. The van der Waals surface area contributed by atoms with Gasteiger partial charge in [-0.3, -0.25) is 9.69 Å². The Morgan fingerprint density at radius 3 is 2.38 bits per heavy atom. The smallest absolute Gasteiger partial charge is 0.220 e. The van der Waals surface area contributed by atoms with Gasteiger partial charge in [-0.2, -0.15) is 0 Å². The Hall–Kier alpha value is -1.87. The molecule has 1 saturated carbocycles. The van der Waals surface area contributed by atoms with Crippen molar-refractivity contribution >= 4 is 11.6 Å². The largest absolute Gasteiger partial charge is 0.385 e. The van der Waals surface area contributed by atoms with Gasteiger partial charge in [-0.25, -0.2) is 17.6 Å². The summed E-state index contributed by atoms with van der Waals surface area (Å²) in [6, 6.07) is 0.995. The zero-order chi connectivity index (χ0) is 23.1. The highest BCUT2D eigenvalue weighted by molar-refractivity contribution is 5.76. The number of carbonyl (C=O) groups excluding carboxylic acids is 1. The van der Waals surface area contributed by atoms with Crippen LogP contribution in [0.4, 0.5) is 23.2 Å². The molecule has 1 aliphatic carbocycles. The molecule has 1 N–H and O–H groups in total. The highest BCUT2D eigenvalue weighted by Crippen LogP contribution is 2.29. The van der Waals surface area contributed by atoms with Crippen LogP contribution in [-0.4, -0.2) is 63.3 Å². The molecule has 0 atom stereocenters. The number of carbonyl (C=O) groups is 1. The molecule has 1 saturated heterocycles. The molecule has 0 unspecified atom stereocenters. The first-order chi connectivity index (χ1) is 15.4. The second-order valence-corrected chi connectivity index (χ2v) is 8.82. The molecular weight excluding hydrogens is 426 g/mol. The van der Waals surface area contributed by atoms with Crippen LogP contribution in [0.1, 0.15) is 44.9 Å². The molecule has 0 bridgehead atoms. The van der Waals surface area contributed by atoms with Crippen LogP contribution in [0.3, 0.4) is 0 Å². The Morgan fingerprint density at radius 1 is 1.03 bits per heavy atom. The van der Waals surface area contributed by atoms with E-state index in [2.05, 4.69) is 10.2 Å². The van der Waals surface area contributed by atoms with E-state index in [1.807, 2.05) is 0 Å². The summed E-state index contributed by atoms with van der Waals surface area (Å²) in [4.78, 5) is 15.8. The van der Waals surface area contributed by atoms with E-state index in [1.54, 1.807) is 12.0 Å². The lowest BCUT2D eigenvalue weighted by molar-refractivity contribution is -0.122. The molecule has 0 radical (unpaired) electrons. The number of benzene rings is 1. The van der Waals surface area contributed by atoms with Crippen LogP contribution in [0.5, 0.6) is 0 Å². The van der Waals surface area contributed by atoms with E-state index >= 15 is 0 Å². The monoisotopic (exact) mass is 459 g/mol. The molecule has 9 heteroatoms. The third kappa shape index (κ3) is 6.57. The van der Waals surface area contributed by atoms with Crippen LogP contribution < -0.4 is 10.2 Å². The minimum atomic E-state index is -1.77. The molecule has 0 spiro atoms. The number of piperazine rings is 1.